The topological polar surface area (TPSA) is 32.3 Å². The van der Waals surface area contributed by atoms with E-state index in [4.69, 9.17) is 0 Å². The molecule has 0 saturated carbocycles. The van der Waals surface area contributed by atoms with Crippen molar-refractivity contribution in [1.82, 2.24) is 10.2 Å². The van der Waals surface area contributed by atoms with Gasteiger partial charge in [-0.15, -0.1) is 0 Å². The lowest BCUT2D eigenvalue weighted by Crippen LogP contribution is -2.36. The van der Waals surface area contributed by atoms with Crippen LogP contribution in [0.1, 0.15) is 44.2 Å². The summed E-state index contributed by atoms with van der Waals surface area (Å²) in [6, 6.07) is 8.53. The Kier molecular flexibility index (Phi) is 8.13. The van der Waals surface area contributed by atoms with Crippen LogP contribution in [0, 0.1) is 5.92 Å². The first-order valence-corrected chi connectivity index (χ1v) is 10.4. The number of hydrogen-bond acceptors (Lipinski definition) is 3. The van der Waals surface area contributed by atoms with Crippen LogP contribution in [0.4, 0.5) is 0 Å². The van der Waals surface area contributed by atoms with Gasteiger partial charge in [0.25, 0.3) is 0 Å². The molecule has 1 fully saturated rings. The quantitative estimate of drug-likeness (QED) is 0.729. The van der Waals surface area contributed by atoms with E-state index in [1.165, 1.54) is 30.2 Å². The summed E-state index contributed by atoms with van der Waals surface area (Å²) in [5, 5.41) is 3.10. The summed E-state index contributed by atoms with van der Waals surface area (Å²) in [7, 11) is 0. The molecule has 1 heterocycles. The zero-order valence-corrected chi connectivity index (χ0v) is 16.2. The third kappa shape index (κ3) is 6.48. The van der Waals surface area contributed by atoms with Crippen LogP contribution in [0.2, 0.25) is 0 Å². The molecule has 0 aromatic heterocycles. The first kappa shape index (κ1) is 19.3. The largest absolute Gasteiger partial charge is 0.356 e. The van der Waals surface area contributed by atoms with E-state index in [-0.39, 0.29) is 11.8 Å². The highest BCUT2D eigenvalue weighted by atomic mass is 32.2. The lowest BCUT2D eigenvalue weighted by Gasteiger charge is -2.26. The van der Waals surface area contributed by atoms with Crippen molar-refractivity contribution in [2.45, 2.75) is 39.5 Å². The highest BCUT2D eigenvalue weighted by Crippen LogP contribution is 2.17. The van der Waals surface area contributed by atoms with Gasteiger partial charge in [0.1, 0.15) is 0 Å². The highest BCUT2D eigenvalue weighted by molar-refractivity contribution is 7.99. The molecule has 0 spiro atoms. The van der Waals surface area contributed by atoms with Crippen molar-refractivity contribution in [3.05, 3.63) is 35.4 Å². The number of hydrogen-bond donors (Lipinski definition) is 1. The second-order valence-corrected chi connectivity index (χ2v) is 8.38. The third-order valence-electron chi connectivity index (χ3n) is 4.57. The van der Waals surface area contributed by atoms with E-state index in [9.17, 15) is 4.79 Å². The monoisotopic (exact) mass is 348 g/mol. The number of nitrogens with zero attached hydrogens (tertiary/aromatic N) is 1. The Morgan fingerprint density at radius 2 is 1.83 bits per heavy atom. The van der Waals surface area contributed by atoms with E-state index >= 15 is 0 Å². The molecular formula is C20H32N2OS. The highest BCUT2D eigenvalue weighted by Gasteiger charge is 2.15. The molecule has 0 radical (unpaired) electrons. The average molecular weight is 349 g/mol. The van der Waals surface area contributed by atoms with Gasteiger partial charge >= 0.3 is 0 Å². The Morgan fingerprint density at radius 3 is 2.46 bits per heavy atom. The van der Waals surface area contributed by atoms with Crippen molar-refractivity contribution >= 4 is 17.7 Å². The number of rotatable bonds is 8. The molecular weight excluding hydrogens is 316 g/mol. The van der Waals surface area contributed by atoms with Gasteiger partial charge in [0.05, 0.1) is 5.92 Å². The van der Waals surface area contributed by atoms with Crippen LogP contribution in [0.3, 0.4) is 0 Å². The van der Waals surface area contributed by atoms with Gasteiger partial charge in [0.15, 0.2) is 0 Å². The van der Waals surface area contributed by atoms with Crippen molar-refractivity contribution in [2.75, 3.05) is 37.7 Å². The van der Waals surface area contributed by atoms with Gasteiger partial charge < -0.3 is 10.2 Å². The fraction of sp³-hybridized carbons (Fsp3) is 0.650. The summed E-state index contributed by atoms with van der Waals surface area (Å²) in [5.41, 5.74) is 2.45. The summed E-state index contributed by atoms with van der Waals surface area (Å²) in [5.74, 6) is 3.22. The zero-order chi connectivity index (χ0) is 17.4. The molecule has 1 aromatic carbocycles. The van der Waals surface area contributed by atoms with Gasteiger partial charge in [-0.05, 0) is 43.4 Å². The summed E-state index contributed by atoms with van der Waals surface area (Å²) in [6.07, 6.45) is 2.13. The van der Waals surface area contributed by atoms with E-state index < -0.39 is 0 Å². The van der Waals surface area contributed by atoms with Gasteiger partial charge in [-0.25, -0.2) is 0 Å². The molecule has 24 heavy (non-hydrogen) atoms. The van der Waals surface area contributed by atoms with Crippen LogP contribution in [-0.2, 0) is 11.2 Å². The number of benzene rings is 1. The third-order valence-corrected chi connectivity index (χ3v) is 5.51. The summed E-state index contributed by atoms with van der Waals surface area (Å²) in [4.78, 5) is 14.8. The van der Waals surface area contributed by atoms with Crippen molar-refractivity contribution < 1.29 is 4.79 Å². The van der Waals surface area contributed by atoms with Crippen LogP contribution in [0.5, 0.6) is 0 Å². The predicted octanol–water partition coefficient (Wildman–Crippen LogP) is 3.54. The van der Waals surface area contributed by atoms with Gasteiger partial charge in [0.2, 0.25) is 5.91 Å². The van der Waals surface area contributed by atoms with E-state index in [2.05, 4.69) is 48.3 Å². The average Bonchev–Trinajstić information content (AvgIpc) is 2.59. The normalized spacial score (nSPS) is 17.0. The SMILES string of the molecule is CC(C)Cc1ccc(C(C)C(=O)NCCCN2CCSCC2)cc1. The van der Waals surface area contributed by atoms with Gasteiger partial charge in [-0.3, -0.25) is 4.79 Å². The molecule has 2 rings (SSSR count). The van der Waals surface area contributed by atoms with Gasteiger partial charge in [-0.2, -0.15) is 11.8 Å². The molecule has 0 bridgehead atoms. The number of carbonyl (C=O) groups is 1. The minimum atomic E-state index is -0.0792. The van der Waals surface area contributed by atoms with E-state index in [1.807, 2.05) is 18.7 Å². The number of thioether (sulfide) groups is 1. The van der Waals surface area contributed by atoms with Crippen LogP contribution in [0.25, 0.3) is 0 Å². The minimum Gasteiger partial charge on any atom is -0.356 e. The maximum atomic E-state index is 12.3. The molecule has 134 valence electrons. The first-order chi connectivity index (χ1) is 11.6. The summed E-state index contributed by atoms with van der Waals surface area (Å²) >= 11 is 2.04. The summed E-state index contributed by atoms with van der Waals surface area (Å²) in [6.45, 7) is 10.7. The standard InChI is InChI=1S/C20H32N2OS/c1-16(2)15-18-5-7-19(8-6-18)17(3)20(23)21-9-4-10-22-11-13-24-14-12-22/h5-8,16-17H,4,9-15H2,1-3H3,(H,21,23). The molecule has 1 N–H and O–H groups in total. The Bertz CT molecular complexity index is 495. The zero-order valence-electron chi connectivity index (χ0n) is 15.4. The number of amides is 1. The Labute approximate surface area is 151 Å². The number of nitrogens with one attached hydrogen (secondary N) is 1. The predicted molar refractivity (Wildman–Crippen MR) is 105 cm³/mol. The van der Waals surface area contributed by atoms with Crippen LogP contribution in [0.15, 0.2) is 24.3 Å². The molecule has 1 atom stereocenters. The number of carbonyl (C=O) groups excluding carboxylic acids is 1. The van der Waals surface area contributed by atoms with Gasteiger partial charge in [0, 0.05) is 31.1 Å². The Balaban J connectivity index is 1.71. The molecule has 1 unspecified atom stereocenters. The van der Waals surface area contributed by atoms with Crippen molar-refractivity contribution in [2.24, 2.45) is 5.92 Å². The lowest BCUT2D eigenvalue weighted by atomic mass is 9.96. The van der Waals surface area contributed by atoms with E-state index in [0.29, 0.717) is 5.92 Å². The molecule has 1 aliphatic rings. The van der Waals surface area contributed by atoms with Crippen molar-refractivity contribution in [1.29, 1.82) is 0 Å². The maximum absolute atomic E-state index is 12.3. The Morgan fingerprint density at radius 1 is 1.17 bits per heavy atom. The fourth-order valence-electron chi connectivity index (χ4n) is 3.06. The molecule has 1 aliphatic heterocycles. The van der Waals surface area contributed by atoms with Crippen LogP contribution in [-0.4, -0.2) is 48.5 Å². The second kappa shape index (κ2) is 10.1. The Hall–Kier alpha value is -1.00. The lowest BCUT2D eigenvalue weighted by molar-refractivity contribution is -0.122. The van der Waals surface area contributed by atoms with Crippen molar-refractivity contribution in [3.63, 3.8) is 0 Å². The summed E-state index contributed by atoms with van der Waals surface area (Å²) < 4.78 is 0. The fourth-order valence-corrected chi connectivity index (χ4v) is 4.04. The minimum absolute atomic E-state index is 0.0792. The molecule has 1 aromatic rings. The van der Waals surface area contributed by atoms with Gasteiger partial charge in [-0.1, -0.05) is 38.1 Å². The molecule has 1 saturated heterocycles. The molecule has 4 heteroatoms. The molecule has 0 aliphatic carbocycles. The molecule has 3 nitrogen and oxygen atoms in total. The van der Waals surface area contributed by atoms with Crippen molar-refractivity contribution in [3.8, 4) is 0 Å². The first-order valence-electron chi connectivity index (χ1n) is 9.23. The van der Waals surface area contributed by atoms with E-state index in [1.54, 1.807) is 0 Å². The maximum Gasteiger partial charge on any atom is 0.227 e. The smallest absolute Gasteiger partial charge is 0.227 e. The van der Waals surface area contributed by atoms with Crippen LogP contribution < -0.4 is 5.32 Å². The molecule has 1 amide bonds. The second-order valence-electron chi connectivity index (χ2n) is 7.16. The van der Waals surface area contributed by atoms with E-state index in [0.717, 1.165) is 31.5 Å². The van der Waals surface area contributed by atoms with Crippen LogP contribution >= 0.6 is 11.8 Å².